The number of unbranched alkanes of at least 4 members (excludes halogenated alkanes) is 6. The Hall–Kier alpha value is -0.770. The van der Waals surface area contributed by atoms with Crippen molar-refractivity contribution in [3.05, 3.63) is 0 Å². The number of quaternary nitrogens is 1. The Labute approximate surface area is 138 Å². The van der Waals surface area contributed by atoms with Crippen molar-refractivity contribution >= 4 is 6.16 Å². The Bertz CT molecular complexity index is 218. The largest absolute Gasteiger partial charge is 0.553 e. The van der Waals surface area contributed by atoms with Crippen molar-refractivity contribution in [2.75, 3.05) is 33.8 Å². The van der Waals surface area contributed by atoms with Crippen LogP contribution in [-0.4, -0.2) is 44.4 Å². The van der Waals surface area contributed by atoms with Crippen LogP contribution in [0.1, 0.15) is 78.6 Å². The third-order valence-corrected chi connectivity index (χ3v) is 4.07. The van der Waals surface area contributed by atoms with Gasteiger partial charge in [0.05, 0.1) is 26.7 Å². The molecule has 0 bridgehead atoms. The highest BCUT2D eigenvalue weighted by molar-refractivity contribution is 5.53. The Balaban J connectivity index is 0. The summed E-state index contributed by atoms with van der Waals surface area (Å²) >= 11 is 0. The molecule has 0 radical (unpaired) electrons. The van der Waals surface area contributed by atoms with Crippen LogP contribution in [0.3, 0.4) is 0 Å². The van der Waals surface area contributed by atoms with Crippen molar-refractivity contribution in [2.24, 2.45) is 0 Å². The van der Waals surface area contributed by atoms with Gasteiger partial charge >= 0.3 is 0 Å². The normalized spacial score (nSPS) is 10.8. The topological polar surface area (TPSA) is 49.4 Å². The van der Waals surface area contributed by atoms with Crippen LogP contribution in [-0.2, 0) is 4.74 Å². The minimum atomic E-state index is -1.50. The molecule has 0 fully saturated rings. The van der Waals surface area contributed by atoms with Crippen LogP contribution in [0, 0.1) is 0 Å². The Morgan fingerprint density at radius 3 is 1.27 bits per heavy atom. The van der Waals surface area contributed by atoms with E-state index >= 15 is 0 Å². The van der Waals surface area contributed by atoms with Gasteiger partial charge in [-0.25, -0.2) is 0 Å². The third-order valence-electron chi connectivity index (χ3n) is 4.07. The molecule has 0 atom stereocenters. The number of carbonyl (C=O) groups is 1. The lowest BCUT2D eigenvalue weighted by Crippen LogP contribution is -2.46. The van der Waals surface area contributed by atoms with Crippen molar-refractivity contribution in [1.29, 1.82) is 0 Å². The van der Waals surface area contributed by atoms with Crippen molar-refractivity contribution in [3.8, 4) is 0 Å². The molecule has 22 heavy (non-hydrogen) atoms. The molecule has 0 saturated heterocycles. The molecule has 4 heteroatoms. The van der Waals surface area contributed by atoms with Gasteiger partial charge in [0.2, 0.25) is 0 Å². The van der Waals surface area contributed by atoms with Crippen molar-refractivity contribution in [3.63, 3.8) is 0 Å². The van der Waals surface area contributed by atoms with E-state index in [2.05, 4.69) is 32.6 Å². The van der Waals surface area contributed by atoms with Gasteiger partial charge in [0, 0.05) is 7.11 Å². The van der Waals surface area contributed by atoms with Crippen LogP contribution in [0.5, 0.6) is 0 Å². The summed E-state index contributed by atoms with van der Waals surface area (Å²) in [5.41, 5.74) is 0. The molecule has 0 aromatic heterocycles. The molecular formula is C18H39NO3. The molecule has 0 aromatic rings. The van der Waals surface area contributed by atoms with Crippen LogP contribution in [0.25, 0.3) is 0 Å². The minimum absolute atomic E-state index is 1.04. The van der Waals surface area contributed by atoms with Crippen molar-refractivity contribution in [1.82, 2.24) is 0 Å². The van der Waals surface area contributed by atoms with E-state index in [4.69, 9.17) is 9.90 Å². The molecule has 0 rings (SSSR count). The van der Waals surface area contributed by atoms with Crippen LogP contribution < -0.4 is 5.11 Å². The average Bonchev–Trinajstić information content (AvgIpc) is 2.49. The second kappa shape index (κ2) is 16.6. The first-order chi connectivity index (χ1) is 10.5. The van der Waals surface area contributed by atoms with Gasteiger partial charge in [-0.2, -0.15) is 0 Å². The predicted molar refractivity (Wildman–Crippen MR) is 91.8 cm³/mol. The molecule has 0 aromatic carbocycles. The number of ether oxygens (including phenoxy) is 1. The van der Waals surface area contributed by atoms with Gasteiger partial charge in [-0.05, 0) is 38.5 Å². The zero-order valence-electron chi connectivity index (χ0n) is 15.7. The second-order valence-corrected chi connectivity index (χ2v) is 6.37. The number of nitrogens with zero attached hydrogens (tertiary/aromatic N) is 1. The summed E-state index contributed by atoms with van der Waals surface area (Å²) in [5.74, 6) is 0. The minimum Gasteiger partial charge on any atom is -0.553 e. The Morgan fingerprint density at radius 1 is 0.818 bits per heavy atom. The average molecular weight is 318 g/mol. The molecule has 4 nitrogen and oxygen atoms in total. The van der Waals surface area contributed by atoms with E-state index in [-0.39, 0.29) is 0 Å². The fraction of sp³-hybridized carbons (Fsp3) is 0.944. The molecule has 0 heterocycles. The summed E-state index contributed by atoms with van der Waals surface area (Å²) in [6, 6.07) is 0. The maximum atomic E-state index is 9.03. The van der Waals surface area contributed by atoms with Gasteiger partial charge < -0.3 is 19.1 Å². The van der Waals surface area contributed by atoms with Crippen molar-refractivity contribution < 1.29 is 19.1 Å². The third kappa shape index (κ3) is 17.3. The van der Waals surface area contributed by atoms with E-state index in [9.17, 15) is 0 Å². The maximum Gasteiger partial charge on any atom is 0.251 e. The molecule has 0 spiro atoms. The van der Waals surface area contributed by atoms with Gasteiger partial charge in [-0.1, -0.05) is 40.0 Å². The smallest absolute Gasteiger partial charge is 0.251 e. The molecule has 0 unspecified atom stereocenters. The number of hydrogen-bond acceptors (Lipinski definition) is 3. The fourth-order valence-electron chi connectivity index (χ4n) is 2.57. The van der Waals surface area contributed by atoms with Crippen LogP contribution >= 0.6 is 0 Å². The summed E-state index contributed by atoms with van der Waals surface area (Å²) in [7, 11) is 3.52. The highest BCUT2D eigenvalue weighted by atomic mass is 16.6. The molecule has 0 aliphatic carbocycles. The lowest BCUT2D eigenvalue weighted by molar-refractivity contribution is -0.910. The monoisotopic (exact) mass is 317 g/mol. The van der Waals surface area contributed by atoms with Crippen LogP contribution in [0.15, 0.2) is 0 Å². The standard InChI is InChI=1S/C16H36N.C2H4O3/c1-5-8-11-14-17(4,15-12-9-6-2)16-13-10-7-3;1-5-2(3)4/h5-16H2,1-4H3;1H3,(H,3,4)/q+1;/p-1. The van der Waals surface area contributed by atoms with E-state index in [1.807, 2.05) is 0 Å². The van der Waals surface area contributed by atoms with Gasteiger partial charge in [-0.3, -0.25) is 0 Å². The zero-order valence-corrected chi connectivity index (χ0v) is 15.7. The molecule has 134 valence electrons. The fourth-order valence-corrected chi connectivity index (χ4v) is 2.57. The second-order valence-electron chi connectivity index (χ2n) is 6.37. The first kappa shape index (κ1) is 23.5. The maximum absolute atomic E-state index is 9.03. The van der Waals surface area contributed by atoms with Gasteiger partial charge in [0.25, 0.3) is 6.16 Å². The number of rotatable bonds is 12. The lowest BCUT2D eigenvalue weighted by Gasteiger charge is -2.35. The first-order valence-corrected chi connectivity index (χ1v) is 9.04. The molecule has 0 aliphatic rings. The number of hydrogen-bond donors (Lipinski definition) is 0. The van der Waals surface area contributed by atoms with Gasteiger partial charge in [0.15, 0.2) is 0 Å². The number of methoxy groups -OCH3 is 1. The molecule has 0 saturated carbocycles. The Kier molecular flexibility index (Phi) is 17.7. The molecule has 0 amide bonds. The summed E-state index contributed by atoms with van der Waals surface area (Å²) in [4.78, 5) is 9.03. The van der Waals surface area contributed by atoms with E-state index in [0.717, 1.165) is 7.11 Å². The molecular weight excluding hydrogens is 278 g/mol. The van der Waals surface area contributed by atoms with Crippen LogP contribution in [0.2, 0.25) is 0 Å². The highest BCUT2D eigenvalue weighted by Gasteiger charge is 2.19. The zero-order chi connectivity index (χ0) is 17.3. The SMILES string of the molecule is CCCCC[N+](C)(CCCCC)CCCCC.COC(=O)[O-]. The highest BCUT2D eigenvalue weighted by Crippen LogP contribution is 2.13. The van der Waals surface area contributed by atoms with E-state index in [1.165, 1.54) is 81.9 Å². The van der Waals surface area contributed by atoms with Crippen molar-refractivity contribution in [2.45, 2.75) is 78.6 Å². The summed E-state index contributed by atoms with van der Waals surface area (Å²) in [6.45, 7) is 11.1. The van der Waals surface area contributed by atoms with Gasteiger partial charge in [0.1, 0.15) is 0 Å². The summed E-state index contributed by atoms with van der Waals surface area (Å²) in [5, 5.41) is 9.03. The summed E-state index contributed by atoms with van der Waals surface area (Å²) < 4.78 is 4.89. The molecule has 0 N–H and O–H groups in total. The van der Waals surface area contributed by atoms with Gasteiger partial charge in [-0.15, -0.1) is 0 Å². The number of carbonyl (C=O) groups excluding carboxylic acids is 1. The van der Waals surface area contributed by atoms with E-state index in [1.54, 1.807) is 0 Å². The first-order valence-electron chi connectivity index (χ1n) is 9.04. The Morgan fingerprint density at radius 2 is 1.09 bits per heavy atom. The van der Waals surface area contributed by atoms with Crippen LogP contribution in [0.4, 0.5) is 4.79 Å². The quantitative estimate of drug-likeness (QED) is 0.311. The lowest BCUT2D eigenvalue weighted by atomic mass is 10.1. The summed E-state index contributed by atoms with van der Waals surface area (Å²) in [6.07, 6.45) is 11.1. The number of carboxylic acid groups (broad SMARTS) is 1. The predicted octanol–water partition coefficient (Wildman–Crippen LogP) is 3.98. The van der Waals surface area contributed by atoms with E-state index < -0.39 is 6.16 Å². The molecule has 0 aliphatic heterocycles. The van der Waals surface area contributed by atoms with E-state index in [0.29, 0.717) is 0 Å².